The second-order valence-electron chi connectivity index (χ2n) is 6.54. The number of hydrogen-bond donors (Lipinski definition) is 2. The predicted molar refractivity (Wildman–Crippen MR) is 108 cm³/mol. The molecular weight excluding hydrogens is 388 g/mol. The van der Waals surface area contributed by atoms with Crippen LogP contribution in [0.2, 0.25) is 0 Å². The molecule has 1 heterocycles. The minimum atomic E-state index is -1.15. The number of amides is 2. The maximum Gasteiger partial charge on any atom is 0.312 e. The number of hydrazine groups is 1. The van der Waals surface area contributed by atoms with Gasteiger partial charge in [-0.05, 0) is 25.1 Å². The molecular formula is C21H20N4O5. The van der Waals surface area contributed by atoms with Gasteiger partial charge in [-0.1, -0.05) is 36.4 Å². The lowest BCUT2D eigenvalue weighted by Gasteiger charge is -2.14. The molecule has 9 heteroatoms. The highest BCUT2D eigenvalue weighted by molar-refractivity contribution is 5.96. The predicted octanol–water partition coefficient (Wildman–Crippen LogP) is 0.869. The molecule has 2 aromatic carbocycles. The molecule has 0 saturated carbocycles. The van der Waals surface area contributed by atoms with Gasteiger partial charge in [-0.3, -0.25) is 30.0 Å². The van der Waals surface area contributed by atoms with Crippen molar-refractivity contribution in [2.24, 2.45) is 7.05 Å². The first-order valence-electron chi connectivity index (χ1n) is 9.16. The number of ether oxygens (including phenoxy) is 1. The first-order valence-corrected chi connectivity index (χ1v) is 9.16. The van der Waals surface area contributed by atoms with Crippen LogP contribution in [0.25, 0.3) is 10.8 Å². The highest BCUT2D eigenvalue weighted by atomic mass is 16.5. The van der Waals surface area contributed by atoms with Crippen molar-refractivity contribution >= 4 is 28.6 Å². The monoisotopic (exact) mass is 408 g/mol. The first-order chi connectivity index (χ1) is 14.4. The molecule has 0 spiro atoms. The first kappa shape index (κ1) is 20.7. The Hall–Kier alpha value is -4.01. The minimum absolute atomic E-state index is 0.220. The molecule has 3 aromatic rings. The smallest absolute Gasteiger partial charge is 0.312 e. The van der Waals surface area contributed by atoms with E-state index in [0.717, 1.165) is 4.68 Å². The van der Waals surface area contributed by atoms with E-state index in [-0.39, 0.29) is 12.0 Å². The zero-order valence-corrected chi connectivity index (χ0v) is 16.4. The number of rotatable bonds is 5. The lowest BCUT2D eigenvalue weighted by atomic mass is 10.1. The van der Waals surface area contributed by atoms with E-state index in [0.29, 0.717) is 22.0 Å². The summed E-state index contributed by atoms with van der Waals surface area (Å²) < 4.78 is 6.30. The average molecular weight is 408 g/mol. The summed E-state index contributed by atoms with van der Waals surface area (Å²) in [6, 6.07) is 15.1. The van der Waals surface area contributed by atoms with E-state index >= 15 is 0 Å². The highest BCUT2D eigenvalue weighted by Gasteiger charge is 2.20. The summed E-state index contributed by atoms with van der Waals surface area (Å²) in [6.07, 6.45) is -1.37. The number of carbonyl (C=O) groups excluding carboxylic acids is 3. The van der Waals surface area contributed by atoms with E-state index < -0.39 is 23.9 Å². The number of aryl methyl sites for hydroxylation is 1. The summed E-state index contributed by atoms with van der Waals surface area (Å²) in [7, 11) is 1.50. The molecule has 3 rings (SSSR count). The Morgan fingerprint density at radius 2 is 1.63 bits per heavy atom. The second kappa shape index (κ2) is 8.99. The number of esters is 1. The maximum atomic E-state index is 12.3. The molecule has 0 fully saturated rings. The van der Waals surface area contributed by atoms with Gasteiger partial charge in [0.25, 0.3) is 17.4 Å². The summed E-state index contributed by atoms with van der Waals surface area (Å²) in [5.41, 5.74) is 4.94. The Bertz CT molecular complexity index is 1160. The van der Waals surface area contributed by atoms with Crippen LogP contribution >= 0.6 is 0 Å². The molecule has 0 aliphatic rings. The number of hydrogen-bond acceptors (Lipinski definition) is 6. The Labute approximate surface area is 171 Å². The molecule has 0 aliphatic carbocycles. The zero-order chi connectivity index (χ0) is 21.7. The van der Waals surface area contributed by atoms with Crippen LogP contribution in [-0.4, -0.2) is 33.7 Å². The van der Waals surface area contributed by atoms with Crippen molar-refractivity contribution in [2.45, 2.75) is 19.4 Å². The van der Waals surface area contributed by atoms with Crippen LogP contribution in [0.1, 0.15) is 23.0 Å². The van der Waals surface area contributed by atoms with E-state index in [2.05, 4.69) is 16.0 Å². The lowest BCUT2D eigenvalue weighted by Crippen LogP contribution is -2.46. The van der Waals surface area contributed by atoms with Crippen LogP contribution in [0.15, 0.2) is 59.4 Å². The van der Waals surface area contributed by atoms with Crippen LogP contribution in [0.5, 0.6) is 0 Å². The van der Waals surface area contributed by atoms with Crippen LogP contribution < -0.4 is 16.4 Å². The van der Waals surface area contributed by atoms with E-state index in [1.807, 2.05) is 0 Å². The molecule has 0 bridgehead atoms. The largest absolute Gasteiger partial charge is 0.452 e. The molecule has 2 amide bonds. The van der Waals surface area contributed by atoms with Gasteiger partial charge in [0.1, 0.15) is 0 Å². The summed E-state index contributed by atoms with van der Waals surface area (Å²) in [4.78, 5) is 48.5. The molecule has 2 N–H and O–H groups in total. The van der Waals surface area contributed by atoms with Crippen LogP contribution in [0.4, 0.5) is 0 Å². The lowest BCUT2D eigenvalue weighted by molar-refractivity contribution is -0.154. The summed E-state index contributed by atoms with van der Waals surface area (Å²) in [5, 5.41) is 5.12. The van der Waals surface area contributed by atoms with Crippen molar-refractivity contribution in [3.63, 3.8) is 0 Å². The van der Waals surface area contributed by atoms with Gasteiger partial charge in [0, 0.05) is 18.0 Å². The standard InChI is InChI=1S/C21H20N4O5/c1-13(19(27)22-23-20(28)14-8-4-3-5-9-14)30-18(26)12-17-15-10-6-7-11-16(15)21(29)25(2)24-17/h3-11,13H,12H2,1-2H3,(H,22,27)(H,23,28)/t13-/m0/s1. The zero-order valence-electron chi connectivity index (χ0n) is 16.4. The number of nitrogens with one attached hydrogen (secondary N) is 2. The number of fused-ring (bicyclic) bond motifs is 1. The SMILES string of the molecule is C[C@H](OC(=O)Cc1nn(C)c(=O)c2ccccc12)C(=O)NNC(=O)c1ccccc1. The molecule has 0 unspecified atom stereocenters. The summed E-state index contributed by atoms with van der Waals surface area (Å²) in [5.74, 6) is -1.88. The Morgan fingerprint density at radius 1 is 1.00 bits per heavy atom. The van der Waals surface area contributed by atoms with E-state index in [9.17, 15) is 19.2 Å². The fourth-order valence-electron chi connectivity index (χ4n) is 2.82. The third-order valence-electron chi connectivity index (χ3n) is 4.36. The second-order valence-corrected chi connectivity index (χ2v) is 6.54. The molecule has 154 valence electrons. The summed E-state index contributed by atoms with van der Waals surface area (Å²) in [6.45, 7) is 1.38. The molecule has 0 aliphatic heterocycles. The average Bonchev–Trinajstić information content (AvgIpc) is 2.75. The Morgan fingerprint density at radius 3 is 2.33 bits per heavy atom. The van der Waals surface area contributed by atoms with Crippen molar-refractivity contribution < 1.29 is 19.1 Å². The number of nitrogens with zero attached hydrogens (tertiary/aromatic N) is 2. The Kier molecular flexibility index (Phi) is 6.21. The van der Waals surface area contributed by atoms with E-state index in [1.165, 1.54) is 14.0 Å². The van der Waals surface area contributed by atoms with E-state index in [4.69, 9.17) is 4.74 Å². The number of carbonyl (C=O) groups is 3. The van der Waals surface area contributed by atoms with Crippen molar-refractivity contribution in [3.8, 4) is 0 Å². The molecule has 1 atom stereocenters. The van der Waals surface area contributed by atoms with Gasteiger partial charge in [-0.25, -0.2) is 4.68 Å². The number of aromatic nitrogens is 2. The van der Waals surface area contributed by atoms with Gasteiger partial charge < -0.3 is 4.74 Å². The minimum Gasteiger partial charge on any atom is -0.452 e. The molecule has 0 radical (unpaired) electrons. The molecule has 9 nitrogen and oxygen atoms in total. The van der Waals surface area contributed by atoms with Crippen LogP contribution in [-0.2, 0) is 27.8 Å². The fraction of sp³-hybridized carbons (Fsp3) is 0.190. The normalized spacial score (nSPS) is 11.5. The maximum absolute atomic E-state index is 12.3. The molecule has 1 aromatic heterocycles. The van der Waals surface area contributed by atoms with Crippen molar-refractivity contribution in [1.82, 2.24) is 20.6 Å². The van der Waals surface area contributed by atoms with Gasteiger partial charge in [0.15, 0.2) is 6.10 Å². The van der Waals surface area contributed by atoms with Crippen molar-refractivity contribution in [2.75, 3.05) is 0 Å². The third kappa shape index (κ3) is 4.69. The Balaban J connectivity index is 1.60. The highest BCUT2D eigenvalue weighted by Crippen LogP contribution is 2.14. The van der Waals surface area contributed by atoms with Crippen LogP contribution in [0.3, 0.4) is 0 Å². The van der Waals surface area contributed by atoms with Crippen LogP contribution in [0, 0.1) is 0 Å². The fourth-order valence-corrected chi connectivity index (χ4v) is 2.82. The van der Waals surface area contributed by atoms with Gasteiger partial charge in [0.2, 0.25) is 0 Å². The third-order valence-corrected chi connectivity index (χ3v) is 4.36. The molecule has 0 saturated heterocycles. The van der Waals surface area contributed by atoms with E-state index in [1.54, 1.807) is 54.6 Å². The van der Waals surface area contributed by atoms with Crippen molar-refractivity contribution in [3.05, 3.63) is 76.2 Å². The topological polar surface area (TPSA) is 119 Å². The number of benzene rings is 2. The summed E-state index contributed by atoms with van der Waals surface area (Å²) >= 11 is 0. The molecule has 30 heavy (non-hydrogen) atoms. The van der Waals surface area contributed by atoms with Gasteiger partial charge >= 0.3 is 5.97 Å². The van der Waals surface area contributed by atoms with Gasteiger partial charge in [0.05, 0.1) is 17.5 Å². The van der Waals surface area contributed by atoms with Gasteiger partial charge in [-0.15, -0.1) is 0 Å². The van der Waals surface area contributed by atoms with Gasteiger partial charge in [-0.2, -0.15) is 5.10 Å². The quantitative estimate of drug-likeness (QED) is 0.478. The van der Waals surface area contributed by atoms with Crippen molar-refractivity contribution in [1.29, 1.82) is 0 Å².